The van der Waals surface area contributed by atoms with Crippen LogP contribution in [0.15, 0.2) is 41.5 Å². The Bertz CT molecular complexity index is 757. The highest BCUT2D eigenvalue weighted by molar-refractivity contribution is 8.13. The third-order valence-corrected chi connectivity index (χ3v) is 4.80. The first-order valence-electron chi connectivity index (χ1n) is 6.88. The lowest BCUT2D eigenvalue weighted by atomic mass is 9.88. The van der Waals surface area contributed by atoms with Crippen molar-refractivity contribution in [2.45, 2.75) is 18.9 Å². The molecular formula is C16H17Cl3FN3S. The van der Waals surface area contributed by atoms with Crippen molar-refractivity contribution in [1.29, 1.82) is 0 Å². The summed E-state index contributed by atoms with van der Waals surface area (Å²) in [6, 6.07) is 9.24. The fourth-order valence-electron chi connectivity index (χ4n) is 2.54. The van der Waals surface area contributed by atoms with Gasteiger partial charge in [0.15, 0.2) is 5.17 Å². The van der Waals surface area contributed by atoms with Gasteiger partial charge in [0, 0.05) is 17.5 Å². The number of rotatable bonds is 2. The molecule has 0 bridgehead atoms. The number of pyridine rings is 1. The van der Waals surface area contributed by atoms with Gasteiger partial charge in [-0.2, -0.15) is 4.39 Å². The van der Waals surface area contributed by atoms with Crippen LogP contribution >= 0.6 is 48.2 Å². The zero-order valence-electron chi connectivity index (χ0n) is 12.8. The van der Waals surface area contributed by atoms with Gasteiger partial charge in [0.05, 0.1) is 10.6 Å². The van der Waals surface area contributed by atoms with Gasteiger partial charge >= 0.3 is 0 Å². The Kier molecular flexibility index (Phi) is 7.35. The number of aromatic nitrogens is 1. The predicted octanol–water partition coefficient (Wildman–Crippen LogP) is 5.05. The van der Waals surface area contributed by atoms with E-state index in [9.17, 15) is 4.39 Å². The zero-order chi connectivity index (χ0) is 15.7. The van der Waals surface area contributed by atoms with E-state index in [-0.39, 0.29) is 30.4 Å². The molecule has 3 nitrogen and oxygen atoms in total. The third-order valence-electron chi connectivity index (χ3n) is 3.80. The van der Waals surface area contributed by atoms with Crippen molar-refractivity contribution in [3.8, 4) is 11.1 Å². The van der Waals surface area contributed by atoms with Crippen molar-refractivity contribution in [2.75, 3.05) is 5.75 Å². The largest absolute Gasteiger partial charge is 0.379 e. The smallest absolute Gasteiger partial charge is 0.220 e. The van der Waals surface area contributed by atoms with E-state index in [1.54, 1.807) is 17.8 Å². The van der Waals surface area contributed by atoms with Crippen molar-refractivity contribution in [3.63, 3.8) is 0 Å². The number of nitrogens with two attached hydrogens (primary N) is 1. The van der Waals surface area contributed by atoms with Crippen LogP contribution in [0.2, 0.25) is 5.02 Å². The molecule has 24 heavy (non-hydrogen) atoms. The number of aliphatic imine (C=N–C) groups is 1. The lowest BCUT2D eigenvalue weighted by Crippen LogP contribution is -2.28. The van der Waals surface area contributed by atoms with Crippen LogP contribution in [0.4, 0.5) is 4.39 Å². The highest BCUT2D eigenvalue weighted by atomic mass is 35.5. The van der Waals surface area contributed by atoms with E-state index in [1.807, 2.05) is 31.2 Å². The van der Waals surface area contributed by atoms with Crippen molar-refractivity contribution in [2.24, 2.45) is 10.7 Å². The van der Waals surface area contributed by atoms with Gasteiger partial charge < -0.3 is 5.73 Å². The normalized spacial score (nSPS) is 19.7. The summed E-state index contributed by atoms with van der Waals surface area (Å²) in [5.74, 6) is 0.386. The monoisotopic (exact) mass is 407 g/mol. The fourth-order valence-corrected chi connectivity index (χ4v) is 3.67. The van der Waals surface area contributed by atoms with Crippen molar-refractivity contribution >= 4 is 53.3 Å². The van der Waals surface area contributed by atoms with Gasteiger partial charge in [-0.05, 0) is 36.6 Å². The topological polar surface area (TPSA) is 51.3 Å². The molecule has 8 heteroatoms. The molecule has 0 saturated carbocycles. The molecule has 0 fully saturated rings. The molecule has 130 valence electrons. The van der Waals surface area contributed by atoms with Gasteiger partial charge in [0.25, 0.3) is 0 Å². The molecule has 1 aromatic heterocycles. The zero-order valence-corrected chi connectivity index (χ0v) is 16.0. The van der Waals surface area contributed by atoms with E-state index < -0.39 is 5.95 Å². The maximum absolute atomic E-state index is 14.0. The molecule has 0 radical (unpaired) electrons. The van der Waals surface area contributed by atoms with E-state index in [4.69, 9.17) is 17.3 Å². The first kappa shape index (κ1) is 21.0. The highest BCUT2D eigenvalue weighted by Gasteiger charge is 2.29. The maximum atomic E-state index is 14.0. The van der Waals surface area contributed by atoms with E-state index in [1.165, 1.54) is 6.20 Å². The van der Waals surface area contributed by atoms with Crippen LogP contribution < -0.4 is 5.73 Å². The Hall–Kier alpha value is -1.01. The van der Waals surface area contributed by atoms with Crippen molar-refractivity contribution in [1.82, 2.24) is 4.98 Å². The van der Waals surface area contributed by atoms with Gasteiger partial charge in [-0.15, -0.1) is 24.8 Å². The van der Waals surface area contributed by atoms with Gasteiger partial charge in [-0.3, -0.25) is 4.99 Å². The second-order valence-electron chi connectivity index (χ2n) is 5.40. The number of hydrogen-bond acceptors (Lipinski definition) is 4. The average molecular weight is 409 g/mol. The summed E-state index contributed by atoms with van der Waals surface area (Å²) in [6.45, 7) is 2.05. The van der Waals surface area contributed by atoms with Crippen LogP contribution in [0, 0.1) is 5.95 Å². The lowest BCUT2D eigenvalue weighted by molar-refractivity contribution is 0.482. The van der Waals surface area contributed by atoms with Gasteiger partial charge in [0.2, 0.25) is 5.95 Å². The molecule has 0 spiro atoms. The molecule has 2 heterocycles. The number of benzene rings is 1. The van der Waals surface area contributed by atoms with Crippen LogP contribution in [0.5, 0.6) is 0 Å². The third kappa shape index (κ3) is 4.33. The van der Waals surface area contributed by atoms with E-state index in [0.29, 0.717) is 15.8 Å². The molecule has 2 N–H and O–H groups in total. The molecule has 1 aliphatic rings. The summed E-state index contributed by atoms with van der Waals surface area (Å²) >= 11 is 7.49. The summed E-state index contributed by atoms with van der Waals surface area (Å²) in [7, 11) is 0. The van der Waals surface area contributed by atoms with E-state index in [0.717, 1.165) is 23.3 Å². The van der Waals surface area contributed by atoms with Crippen LogP contribution in [-0.2, 0) is 5.54 Å². The van der Waals surface area contributed by atoms with E-state index >= 15 is 0 Å². The van der Waals surface area contributed by atoms with E-state index in [2.05, 4.69) is 9.98 Å². The Morgan fingerprint density at radius 1 is 1.29 bits per heavy atom. The lowest BCUT2D eigenvalue weighted by Gasteiger charge is -2.30. The summed E-state index contributed by atoms with van der Waals surface area (Å²) in [5, 5.41) is 0.999. The number of hydrogen-bond donors (Lipinski definition) is 1. The molecule has 0 amide bonds. The Morgan fingerprint density at radius 2 is 2.04 bits per heavy atom. The molecule has 1 unspecified atom stereocenters. The molecule has 1 aliphatic heterocycles. The number of halogens is 4. The Labute approximate surface area is 162 Å². The summed E-state index contributed by atoms with van der Waals surface area (Å²) in [4.78, 5) is 8.26. The van der Waals surface area contributed by atoms with Crippen LogP contribution in [0.3, 0.4) is 0 Å². The number of thioether (sulfide) groups is 1. The SMILES string of the molecule is CC1(c2cccc(-c3cc(Cl)cnc3F)c2)CCSC(N)=N1.Cl.Cl. The molecular weight excluding hydrogens is 392 g/mol. The number of amidine groups is 1. The maximum Gasteiger partial charge on any atom is 0.220 e. The van der Waals surface area contributed by atoms with Crippen molar-refractivity contribution in [3.05, 3.63) is 53.1 Å². The summed E-state index contributed by atoms with van der Waals surface area (Å²) < 4.78 is 14.0. The minimum atomic E-state index is -0.533. The van der Waals surface area contributed by atoms with Crippen molar-refractivity contribution < 1.29 is 4.39 Å². The minimum Gasteiger partial charge on any atom is -0.379 e. The molecule has 1 atom stereocenters. The van der Waals surface area contributed by atoms with Gasteiger partial charge in [-0.1, -0.05) is 41.6 Å². The standard InChI is InChI=1S/C16H15ClFN3S.2ClH/c1-16(5-6-22-15(19)21-16)11-4-2-3-10(7-11)13-8-12(17)9-20-14(13)18;;/h2-4,7-9H,5-6H2,1H3,(H2,19,21);2*1H. The first-order chi connectivity index (χ1) is 10.5. The summed E-state index contributed by atoms with van der Waals surface area (Å²) in [5.41, 5.74) is 7.62. The second kappa shape index (κ2) is 8.39. The van der Waals surface area contributed by atoms with Gasteiger partial charge in [0.1, 0.15) is 0 Å². The van der Waals surface area contributed by atoms with Crippen LogP contribution in [0.25, 0.3) is 11.1 Å². The fraction of sp³-hybridized carbons (Fsp3) is 0.250. The molecule has 1 aromatic carbocycles. The molecule has 3 rings (SSSR count). The molecule has 0 saturated heterocycles. The number of nitrogens with zero attached hydrogens (tertiary/aromatic N) is 2. The quantitative estimate of drug-likeness (QED) is 0.707. The van der Waals surface area contributed by atoms with Gasteiger partial charge in [-0.25, -0.2) is 4.98 Å². The Balaban J connectivity index is 0.00000144. The summed E-state index contributed by atoms with van der Waals surface area (Å²) in [6.07, 6.45) is 2.19. The second-order valence-corrected chi connectivity index (χ2v) is 6.95. The first-order valence-corrected chi connectivity index (χ1v) is 8.24. The van der Waals surface area contributed by atoms with Crippen LogP contribution in [0.1, 0.15) is 18.9 Å². The minimum absolute atomic E-state index is 0. The van der Waals surface area contributed by atoms with Crippen LogP contribution in [-0.4, -0.2) is 15.9 Å². The Morgan fingerprint density at radius 3 is 2.75 bits per heavy atom. The average Bonchev–Trinajstić information content (AvgIpc) is 2.50. The molecule has 0 aliphatic carbocycles. The molecule has 2 aromatic rings. The predicted molar refractivity (Wildman–Crippen MR) is 105 cm³/mol. The highest BCUT2D eigenvalue weighted by Crippen LogP contribution is 2.37.